The van der Waals surface area contributed by atoms with E-state index in [1.807, 2.05) is 48.5 Å². The van der Waals surface area contributed by atoms with E-state index in [1.54, 1.807) is 0 Å². The standard InChI is InChI=1S/C47H29N5/c48-30-31-22-24-33(25-23-31)41-29-40(32-12-3-1-4-13-32)49-47(50-41)34-14-11-17-36(28-34)52-42-20-9-7-18-37(42)38-26-27-44-45(46(38)52)39-19-8-10-21-43(39)51(44)35-15-5-2-6-16-35/h1-29H. The van der Waals surface area contributed by atoms with E-state index in [9.17, 15) is 5.26 Å². The van der Waals surface area contributed by atoms with Gasteiger partial charge in [0.25, 0.3) is 0 Å². The summed E-state index contributed by atoms with van der Waals surface area (Å²) in [6.45, 7) is 0. The van der Waals surface area contributed by atoms with Gasteiger partial charge < -0.3 is 9.13 Å². The van der Waals surface area contributed by atoms with Crippen molar-refractivity contribution in [3.8, 4) is 51.3 Å². The molecule has 0 spiro atoms. The van der Waals surface area contributed by atoms with Crippen molar-refractivity contribution in [2.45, 2.75) is 0 Å². The summed E-state index contributed by atoms with van der Waals surface area (Å²) < 4.78 is 4.77. The Kier molecular flexibility index (Phi) is 6.80. The van der Waals surface area contributed by atoms with Crippen LogP contribution in [0.25, 0.3) is 88.9 Å². The lowest BCUT2D eigenvalue weighted by Crippen LogP contribution is -1.98. The monoisotopic (exact) mass is 663 g/mol. The molecule has 0 N–H and O–H groups in total. The summed E-state index contributed by atoms with van der Waals surface area (Å²) in [6.07, 6.45) is 0. The molecule has 0 aliphatic carbocycles. The average Bonchev–Trinajstić information content (AvgIpc) is 3.74. The number of fused-ring (bicyclic) bond motifs is 7. The summed E-state index contributed by atoms with van der Waals surface area (Å²) in [5.41, 5.74) is 11.9. The van der Waals surface area contributed by atoms with E-state index in [0.717, 1.165) is 50.5 Å². The summed E-state index contributed by atoms with van der Waals surface area (Å²) >= 11 is 0. The first-order valence-corrected chi connectivity index (χ1v) is 17.3. The molecule has 0 saturated carbocycles. The molecule has 0 fully saturated rings. The fraction of sp³-hybridized carbons (Fsp3) is 0. The summed E-state index contributed by atoms with van der Waals surface area (Å²) in [7, 11) is 0. The molecular weight excluding hydrogens is 635 g/mol. The maximum atomic E-state index is 9.41. The highest BCUT2D eigenvalue weighted by molar-refractivity contribution is 6.26. The molecule has 242 valence electrons. The molecule has 52 heavy (non-hydrogen) atoms. The molecule has 0 atom stereocenters. The Balaban J connectivity index is 1.24. The van der Waals surface area contributed by atoms with E-state index in [-0.39, 0.29) is 0 Å². The molecule has 5 heteroatoms. The van der Waals surface area contributed by atoms with Crippen LogP contribution < -0.4 is 0 Å². The Morgan fingerprint density at radius 2 is 1.02 bits per heavy atom. The summed E-state index contributed by atoms with van der Waals surface area (Å²) in [6, 6.07) is 63.1. The van der Waals surface area contributed by atoms with Crippen LogP contribution in [0, 0.1) is 11.3 Å². The molecule has 5 nitrogen and oxygen atoms in total. The molecule has 7 aromatic carbocycles. The van der Waals surface area contributed by atoms with Crippen LogP contribution in [-0.4, -0.2) is 19.1 Å². The molecule has 0 amide bonds. The highest BCUT2D eigenvalue weighted by Crippen LogP contribution is 2.42. The topological polar surface area (TPSA) is 59.4 Å². The molecule has 0 unspecified atom stereocenters. The first kappa shape index (κ1) is 29.6. The number of benzene rings is 7. The number of aromatic nitrogens is 4. The Labute approximate surface area is 299 Å². The van der Waals surface area contributed by atoms with Crippen LogP contribution in [0.5, 0.6) is 0 Å². The summed E-state index contributed by atoms with van der Waals surface area (Å²) in [5.74, 6) is 0.633. The van der Waals surface area contributed by atoms with Crippen LogP contribution in [0.1, 0.15) is 5.56 Å². The zero-order chi connectivity index (χ0) is 34.6. The summed E-state index contributed by atoms with van der Waals surface area (Å²) in [5, 5.41) is 14.2. The van der Waals surface area contributed by atoms with E-state index in [4.69, 9.17) is 9.97 Å². The molecule has 10 aromatic rings. The zero-order valence-electron chi connectivity index (χ0n) is 28.0. The number of rotatable bonds is 5. The third-order valence-electron chi connectivity index (χ3n) is 9.95. The highest BCUT2D eigenvalue weighted by atomic mass is 15.0. The third kappa shape index (κ3) is 4.70. The number of hydrogen-bond acceptors (Lipinski definition) is 3. The van der Waals surface area contributed by atoms with Gasteiger partial charge in [-0.2, -0.15) is 5.26 Å². The van der Waals surface area contributed by atoms with Gasteiger partial charge in [-0.25, -0.2) is 9.97 Å². The van der Waals surface area contributed by atoms with Crippen molar-refractivity contribution in [1.82, 2.24) is 19.1 Å². The maximum Gasteiger partial charge on any atom is 0.160 e. The lowest BCUT2D eigenvalue weighted by molar-refractivity contribution is 1.16. The highest BCUT2D eigenvalue weighted by Gasteiger charge is 2.21. The molecular formula is C47H29N5. The van der Waals surface area contributed by atoms with E-state index in [0.29, 0.717) is 11.4 Å². The number of nitriles is 1. The second kappa shape index (κ2) is 11.9. The zero-order valence-corrected chi connectivity index (χ0v) is 28.0. The Bertz CT molecular complexity index is 3000. The largest absolute Gasteiger partial charge is 0.309 e. The van der Waals surface area contributed by atoms with Crippen LogP contribution in [0.3, 0.4) is 0 Å². The molecule has 0 saturated heterocycles. The van der Waals surface area contributed by atoms with Crippen molar-refractivity contribution < 1.29 is 0 Å². The van der Waals surface area contributed by atoms with Gasteiger partial charge in [0.2, 0.25) is 0 Å². The van der Waals surface area contributed by atoms with Crippen LogP contribution in [-0.2, 0) is 0 Å². The van der Waals surface area contributed by atoms with E-state index < -0.39 is 0 Å². The molecule has 10 rings (SSSR count). The maximum absolute atomic E-state index is 9.41. The minimum Gasteiger partial charge on any atom is -0.309 e. The summed E-state index contributed by atoms with van der Waals surface area (Å²) in [4.78, 5) is 10.3. The molecule has 0 aliphatic heterocycles. The van der Waals surface area contributed by atoms with Gasteiger partial charge in [-0.3, -0.25) is 0 Å². The van der Waals surface area contributed by atoms with E-state index in [1.165, 1.54) is 32.6 Å². The second-order valence-electron chi connectivity index (χ2n) is 13.0. The predicted molar refractivity (Wildman–Crippen MR) is 212 cm³/mol. The third-order valence-corrected chi connectivity index (χ3v) is 9.95. The first-order chi connectivity index (χ1) is 25.7. The van der Waals surface area contributed by atoms with Gasteiger partial charge in [0.15, 0.2) is 5.82 Å². The van der Waals surface area contributed by atoms with Crippen LogP contribution >= 0.6 is 0 Å². The van der Waals surface area contributed by atoms with Crippen LogP contribution in [0.15, 0.2) is 176 Å². The van der Waals surface area contributed by atoms with Gasteiger partial charge in [0.1, 0.15) is 0 Å². The second-order valence-corrected chi connectivity index (χ2v) is 13.0. The molecule has 0 radical (unpaired) electrons. The number of hydrogen-bond donors (Lipinski definition) is 0. The van der Waals surface area contributed by atoms with Gasteiger partial charge in [0.05, 0.1) is 45.1 Å². The normalized spacial score (nSPS) is 11.4. The molecule has 0 bridgehead atoms. The van der Waals surface area contributed by atoms with Crippen molar-refractivity contribution in [1.29, 1.82) is 5.26 Å². The Hall–Kier alpha value is -7.29. The van der Waals surface area contributed by atoms with Crippen molar-refractivity contribution in [3.05, 3.63) is 181 Å². The van der Waals surface area contributed by atoms with Gasteiger partial charge >= 0.3 is 0 Å². The van der Waals surface area contributed by atoms with Crippen molar-refractivity contribution >= 4 is 43.6 Å². The van der Waals surface area contributed by atoms with Crippen molar-refractivity contribution in [2.75, 3.05) is 0 Å². The molecule has 0 aliphatic rings. The lowest BCUT2D eigenvalue weighted by atomic mass is 10.1. The van der Waals surface area contributed by atoms with Gasteiger partial charge in [-0.1, -0.05) is 115 Å². The van der Waals surface area contributed by atoms with Crippen molar-refractivity contribution in [2.24, 2.45) is 0 Å². The minimum atomic E-state index is 0.612. The average molecular weight is 664 g/mol. The van der Waals surface area contributed by atoms with Crippen molar-refractivity contribution in [3.63, 3.8) is 0 Å². The van der Waals surface area contributed by atoms with Gasteiger partial charge in [0, 0.05) is 49.6 Å². The number of para-hydroxylation sites is 3. The first-order valence-electron chi connectivity index (χ1n) is 17.3. The van der Waals surface area contributed by atoms with E-state index in [2.05, 4.69) is 143 Å². The molecule has 3 heterocycles. The number of nitrogens with zero attached hydrogens (tertiary/aromatic N) is 5. The quantitative estimate of drug-likeness (QED) is 0.184. The molecule has 3 aromatic heterocycles. The Morgan fingerprint density at radius 1 is 0.423 bits per heavy atom. The predicted octanol–water partition coefficient (Wildman–Crippen LogP) is 11.5. The van der Waals surface area contributed by atoms with Gasteiger partial charge in [-0.15, -0.1) is 0 Å². The fourth-order valence-electron chi connectivity index (χ4n) is 7.61. The SMILES string of the molecule is N#Cc1ccc(-c2cc(-c3ccccc3)nc(-c3cccc(-n4c5ccccc5c5ccc6c(c7ccccc7n6-c6ccccc6)c54)c3)n2)cc1. The lowest BCUT2D eigenvalue weighted by Gasteiger charge is -2.13. The minimum absolute atomic E-state index is 0.612. The van der Waals surface area contributed by atoms with Gasteiger partial charge in [-0.05, 0) is 60.7 Å². The smallest absolute Gasteiger partial charge is 0.160 e. The fourth-order valence-corrected chi connectivity index (χ4v) is 7.61. The van der Waals surface area contributed by atoms with Crippen LogP contribution in [0.4, 0.5) is 0 Å². The van der Waals surface area contributed by atoms with E-state index >= 15 is 0 Å². The van der Waals surface area contributed by atoms with Crippen LogP contribution in [0.2, 0.25) is 0 Å². The Morgan fingerprint density at radius 3 is 1.75 bits per heavy atom.